The van der Waals surface area contributed by atoms with Gasteiger partial charge in [0.05, 0.1) is 7.11 Å². The number of hydrogen-bond donors (Lipinski definition) is 0. The van der Waals surface area contributed by atoms with Crippen molar-refractivity contribution in [1.29, 1.82) is 0 Å². The van der Waals surface area contributed by atoms with Crippen LogP contribution in [0.25, 0.3) is 11.2 Å². The summed E-state index contributed by atoms with van der Waals surface area (Å²) in [5.74, 6) is 0.450. The largest absolute Gasteiger partial charge is 0.468 e. The lowest BCUT2D eigenvalue weighted by atomic mass is 9.65. The Morgan fingerprint density at radius 1 is 1.32 bits per heavy atom. The molecule has 2 unspecified atom stereocenters. The minimum Gasteiger partial charge on any atom is -0.468 e. The van der Waals surface area contributed by atoms with Gasteiger partial charge in [0, 0.05) is 12.6 Å². The normalized spacial score (nSPS) is 27.7. The molecule has 0 N–H and O–H groups in total. The van der Waals surface area contributed by atoms with E-state index in [1.165, 1.54) is 31.0 Å². The van der Waals surface area contributed by atoms with Crippen molar-refractivity contribution >= 4 is 23.0 Å². The molecule has 1 saturated carbocycles. The molecule has 0 radical (unpaired) electrons. The maximum Gasteiger partial charge on any atom is 0.327 e. The van der Waals surface area contributed by atoms with Gasteiger partial charge in [-0.1, -0.05) is 26.0 Å². The lowest BCUT2D eigenvalue weighted by Crippen LogP contribution is -2.35. The van der Waals surface area contributed by atoms with E-state index in [-0.39, 0.29) is 12.5 Å². The lowest BCUT2D eigenvalue weighted by Gasteiger charge is -2.39. The Labute approximate surface area is 146 Å². The van der Waals surface area contributed by atoms with Gasteiger partial charge in [-0.15, -0.1) is 5.10 Å². The van der Waals surface area contributed by atoms with Crippen LogP contribution in [-0.2, 0) is 16.1 Å². The topological polar surface area (TPSA) is 86.0 Å². The first-order valence-electron chi connectivity index (χ1n) is 8.68. The monoisotopic (exact) mass is 344 g/mol. The maximum atomic E-state index is 11.6. The Kier molecular flexibility index (Phi) is 3.49. The number of carbonyl (C=O) groups excluding carboxylic acids is 1. The zero-order chi connectivity index (χ0) is 17.8. The van der Waals surface area contributed by atoms with E-state index < -0.39 is 0 Å². The van der Waals surface area contributed by atoms with Crippen LogP contribution in [0.1, 0.15) is 40.0 Å². The molecule has 25 heavy (non-hydrogen) atoms. The van der Waals surface area contributed by atoms with E-state index in [4.69, 9.17) is 4.74 Å². The average molecular weight is 344 g/mol. The molecule has 4 rings (SSSR count). The van der Waals surface area contributed by atoms with Crippen molar-refractivity contribution in [3.8, 4) is 0 Å². The van der Waals surface area contributed by atoms with Crippen LogP contribution >= 0.6 is 0 Å². The maximum absolute atomic E-state index is 11.6. The standard InChI is InChI=1S/C17H24N6O2/c1-16(2)5-11-6-17(3,8-16)9-22(11)14-13-15(19-10-18-14)23(21-20-13)7-12(24)25-4/h10-11H,5-9H2,1-4H3. The quantitative estimate of drug-likeness (QED) is 0.785. The summed E-state index contributed by atoms with van der Waals surface area (Å²) in [5.41, 5.74) is 1.86. The van der Waals surface area contributed by atoms with E-state index in [0.29, 0.717) is 28.0 Å². The molecule has 8 nitrogen and oxygen atoms in total. The van der Waals surface area contributed by atoms with Crippen molar-refractivity contribution in [3.05, 3.63) is 6.33 Å². The molecule has 0 amide bonds. The molecular weight excluding hydrogens is 320 g/mol. The Bertz CT molecular complexity index is 832. The van der Waals surface area contributed by atoms with Crippen molar-refractivity contribution in [1.82, 2.24) is 25.0 Å². The van der Waals surface area contributed by atoms with E-state index in [1.54, 1.807) is 0 Å². The molecule has 2 aromatic heterocycles. The highest BCUT2D eigenvalue weighted by Crippen LogP contribution is 2.53. The highest BCUT2D eigenvalue weighted by Gasteiger charge is 2.50. The fourth-order valence-electron chi connectivity index (χ4n) is 4.99. The van der Waals surface area contributed by atoms with Gasteiger partial charge in [0.1, 0.15) is 12.9 Å². The van der Waals surface area contributed by atoms with E-state index in [1.807, 2.05) is 0 Å². The van der Waals surface area contributed by atoms with Crippen LogP contribution in [0.3, 0.4) is 0 Å². The molecule has 3 heterocycles. The molecule has 2 bridgehead atoms. The van der Waals surface area contributed by atoms with Gasteiger partial charge >= 0.3 is 5.97 Å². The molecule has 8 heteroatoms. The Hall–Kier alpha value is -2.25. The first kappa shape index (κ1) is 16.2. The fourth-order valence-corrected chi connectivity index (χ4v) is 4.99. The van der Waals surface area contributed by atoms with Crippen molar-refractivity contribution in [2.45, 2.75) is 52.6 Å². The Balaban J connectivity index is 1.72. The smallest absolute Gasteiger partial charge is 0.327 e. The summed E-state index contributed by atoms with van der Waals surface area (Å²) >= 11 is 0. The summed E-state index contributed by atoms with van der Waals surface area (Å²) in [6, 6.07) is 0.456. The number of carbonyl (C=O) groups is 1. The molecule has 1 saturated heterocycles. The third-order valence-corrected chi connectivity index (χ3v) is 5.47. The van der Waals surface area contributed by atoms with Gasteiger partial charge in [0.25, 0.3) is 0 Å². The van der Waals surface area contributed by atoms with Crippen molar-refractivity contribution in [3.63, 3.8) is 0 Å². The van der Waals surface area contributed by atoms with E-state index in [9.17, 15) is 4.79 Å². The fraction of sp³-hybridized carbons (Fsp3) is 0.706. The molecular formula is C17H24N6O2. The van der Waals surface area contributed by atoms with Gasteiger partial charge in [0.15, 0.2) is 17.0 Å². The van der Waals surface area contributed by atoms with Crippen LogP contribution in [0, 0.1) is 10.8 Å². The number of methoxy groups -OCH3 is 1. The number of fused-ring (bicyclic) bond motifs is 3. The number of hydrogen-bond acceptors (Lipinski definition) is 7. The van der Waals surface area contributed by atoms with Crippen LogP contribution < -0.4 is 4.90 Å². The second-order valence-corrected chi connectivity index (χ2v) is 8.53. The first-order chi connectivity index (χ1) is 11.8. The predicted molar refractivity (Wildman–Crippen MR) is 92.0 cm³/mol. The van der Waals surface area contributed by atoms with Crippen LogP contribution in [0.15, 0.2) is 6.33 Å². The molecule has 2 aromatic rings. The van der Waals surface area contributed by atoms with Gasteiger partial charge in [0.2, 0.25) is 0 Å². The SMILES string of the molecule is COC(=O)Cn1nnc2c(N3CC4(C)CC3CC(C)(C)C4)ncnc21. The van der Waals surface area contributed by atoms with Crippen LogP contribution in [0.2, 0.25) is 0 Å². The summed E-state index contributed by atoms with van der Waals surface area (Å²) in [6.45, 7) is 8.04. The molecule has 2 atom stereocenters. The zero-order valence-corrected chi connectivity index (χ0v) is 15.2. The molecule has 134 valence electrons. The minimum atomic E-state index is -0.377. The molecule has 1 aliphatic heterocycles. The highest BCUT2D eigenvalue weighted by atomic mass is 16.5. The molecule has 0 aromatic carbocycles. The Morgan fingerprint density at radius 2 is 2.12 bits per heavy atom. The van der Waals surface area contributed by atoms with Crippen molar-refractivity contribution in [2.75, 3.05) is 18.6 Å². The first-order valence-corrected chi connectivity index (χ1v) is 8.68. The van der Waals surface area contributed by atoms with E-state index in [2.05, 4.69) is 46.0 Å². The summed E-state index contributed by atoms with van der Waals surface area (Å²) in [4.78, 5) is 22.7. The van der Waals surface area contributed by atoms with Crippen molar-refractivity contribution in [2.24, 2.45) is 10.8 Å². The third kappa shape index (κ3) is 2.73. The zero-order valence-electron chi connectivity index (χ0n) is 15.2. The number of ether oxygens (including phenoxy) is 1. The predicted octanol–water partition coefficient (Wildman–Crippen LogP) is 1.80. The average Bonchev–Trinajstić information content (AvgIpc) is 3.04. The lowest BCUT2D eigenvalue weighted by molar-refractivity contribution is -0.141. The molecule has 2 fully saturated rings. The van der Waals surface area contributed by atoms with Crippen molar-refractivity contribution < 1.29 is 9.53 Å². The number of nitrogens with zero attached hydrogens (tertiary/aromatic N) is 6. The summed E-state index contributed by atoms with van der Waals surface area (Å²) < 4.78 is 6.19. The number of esters is 1. The van der Waals surface area contributed by atoms with Gasteiger partial charge < -0.3 is 9.64 Å². The van der Waals surface area contributed by atoms with E-state index >= 15 is 0 Å². The highest BCUT2D eigenvalue weighted by molar-refractivity contribution is 5.84. The van der Waals surface area contributed by atoms with Crippen LogP contribution in [0.5, 0.6) is 0 Å². The molecule has 2 aliphatic rings. The second kappa shape index (κ2) is 5.37. The van der Waals surface area contributed by atoms with Crippen LogP contribution in [-0.4, -0.2) is 50.6 Å². The summed E-state index contributed by atoms with van der Waals surface area (Å²) in [5, 5.41) is 8.35. The molecule has 0 spiro atoms. The van der Waals surface area contributed by atoms with Crippen LogP contribution in [0.4, 0.5) is 5.82 Å². The van der Waals surface area contributed by atoms with Gasteiger partial charge in [-0.25, -0.2) is 14.6 Å². The summed E-state index contributed by atoms with van der Waals surface area (Å²) in [6.07, 6.45) is 5.07. The Morgan fingerprint density at radius 3 is 2.88 bits per heavy atom. The number of rotatable bonds is 3. The minimum absolute atomic E-state index is 0.00235. The second-order valence-electron chi connectivity index (χ2n) is 8.53. The number of aromatic nitrogens is 5. The molecule has 1 aliphatic carbocycles. The summed E-state index contributed by atoms with van der Waals surface area (Å²) in [7, 11) is 1.36. The third-order valence-electron chi connectivity index (χ3n) is 5.47. The van der Waals surface area contributed by atoms with E-state index in [0.717, 1.165) is 18.8 Å². The van der Waals surface area contributed by atoms with Gasteiger partial charge in [-0.05, 0) is 30.1 Å². The van der Waals surface area contributed by atoms with Gasteiger partial charge in [-0.3, -0.25) is 4.79 Å². The van der Waals surface area contributed by atoms with Gasteiger partial charge in [-0.2, -0.15) is 0 Å². The number of anilines is 1.